The molecule has 0 aromatic rings. The molecule has 4 heteroatoms. The quantitative estimate of drug-likeness (QED) is 0.784. The van der Waals surface area contributed by atoms with E-state index in [4.69, 9.17) is 4.74 Å². The minimum absolute atomic E-state index is 0.129. The van der Waals surface area contributed by atoms with Gasteiger partial charge >= 0.3 is 0 Å². The van der Waals surface area contributed by atoms with Crippen molar-refractivity contribution < 1.29 is 9.84 Å². The molecule has 0 bridgehead atoms. The number of rotatable bonds is 3. The molecule has 2 aliphatic rings. The van der Waals surface area contributed by atoms with Gasteiger partial charge in [-0.25, -0.2) is 0 Å². The molecular formula is C13H26N2O2. The third-order valence-electron chi connectivity index (χ3n) is 4.28. The van der Waals surface area contributed by atoms with Crippen molar-refractivity contribution in [1.82, 2.24) is 9.80 Å². The molecule has 0 radical (unpaired) electrons. The average Bonchev–Trinajstić information content (AvgIpc) is 2.75. The standard InChI is InChI=1S/C13H26N2O2/c1-13(2)10-15(7-11(9-16)14(13)3)8-12-5-4-6-17-12/h11-12,16H,4-10H2,1-3H3. The van der Waals surface area contributed by atoms with Crippen molar-refractivity contribution in [3.63, 3.8) is 0 Å². The minimum atomic E-state index is 0.129. The van der Waals surface area contributed by atoms with E-state index in [-0.39, 0.29) is 18.2 Å². The Morgan fingerprint density at radius 3 is 2.76 bits per heavy atom. The van der Waals surface area contributed by atoms with Gasteiger partial charge in [-0.3, -0.25) is 9.80 Å². The topological polar surface area (TPSA) is 35.9 Å². The summed E-state index contributed by atoms with van der Waals surface area (Å²) in [6.45, 7) is 8.69. The first-order chi connectivity index (χ1) is 8.03. The molecule has 2 saturated heterocycles. The Balaban J connectivity index is 1.94. The number of ether oxygens (including phenoxy) is 1. The van der Waals surface area contributed by atoms with Gasteiger partial charge in [0.1, 0.15) is 0 Å². The SMILES string of the molecule is CN1C(CO)CN(CC2CCCO2)CC1(C)C. The van der Waals surface area contributed by atoms with Crippen LogP contribution in [0.3, 0.4) is 0 Å². The third kappa shape index (κ3) is 2.99. The predicted octanol–water partition coefficient (Wildman–Crippen LogP) is 0.552. The van der Waals surface area contributed by atoms with Crippen molar-refractivity contribution in [2.24, 2.45) is 0 Å². The average molecular weight is 242 g/mol. The van der Waals surface area contributed by atoms with Crippen LogP contribution < -0.4 is 0 Å². The normalized spacial score (nSPS) is 35.3. The van der Waals surface area contributed by atoms with Crippen LogP contribution in [0, 0.1) is 0 Å². The summed E-state index contributed by atoms with van der Waals surface area (Å²) in [6, 6.07) is 0.250. The molecule has 2 unspecified atom stereocenters. The summed E-state index contributed by atoms with van der Waals surface area (Å²) in [7, 11) is 2.12. The highest BCUT2D eigenvalue weighted by atomic mass is 16.5. The second kappa shape index (κ2) is 5.22. The monoisotopic (exact) mass is 242 g/mol. The zero-order valence-corrected chi connectivity index (χ0v) is 11.4. The van der Waals surface area contributed by atoms with Crippen molar-refractivity contribution >= 4 is 0 Å². The lowest BCUT2D eigenvalue weighted by Gasteiger charge is -2.50. The first kappa shape index (κ1) is 13.3. The number of aliphatic hydroxyl groups is 1. The summed E-state index contributed by atoms with van der Waals surface area (Å²) >= 11 is 0. The summed E-state index contributed by atoms with van der Waals surface area (Å²) in [4.78, 5) is 4.76. The lowest BCUT2D eigenvalue weighted by molar-refractivity contribution is -0.0422. The summed E-state index contributed by atoms with van der Waals surface area (Å²) < 4.78 is 5.70. The van der Waals surface area contributed by atoms with E-state index in [1.807, 2.05) is 0 Å². The lowest BCUT2D eigenvalue weighted by Crippen LogP contribution is -2.64. The van der Waals surface area contributed by atoms with Crippen LogP contribution in [0.15, 0.2) is 0 Å². The third-order valence-corrected chi connectivity index (χ3v) is 4.28. The van der Waals surface area contributed by atoms with Crippen LogP contribution in [-0.2, 0) is 4.74 Å². The second-order valence-electron chi connectivity index (χ2n) is 6.09. The van der Waals surface area contributed by atoms with Crippen LogP contribution in [-0.4, -0.2) is 72.5 Å². The van der Waals surface area contributed by atoms with E-state index in [9.17, 15) is 5.11 Å². The van der Waals surface area contributed by atoms with Crippen molar-refractivity contribution in [3.8, 4) is 0 Å². The molecule has 2 rings (SSSR count). The Morgan fingerprint density at radius 1 is 1.41 bits per heavy atom. The van der Waals surface area contributed by atoms with Gasteiger partial charge in [0.05, 0.1) is 12.7 Å². The largest absolute Gasteiger partial charge is 0.395 e. The molecule has 2 heterocycles. The molecule has 2 fully saturated rings. The van der Waals surface area contributed by atoms with Crippen LogP contribution in [0.25, 0.3) is 0 Å². The molecule has 1 N–H and O–H groups in total. The van der Waals surface area contributed by atoms with Crippen LogP contribution in [0.4, 0.5) is 0 Å². The summed E-state index contributed by atoms with van der Waals surface area (Å²) in [5, 5.41) is 9.47. The highest BCUT2D eigenvalue weighted by molar-refractivity contribution is 4.94. The van der Waals surface area contributed by atoms with Gasteiger partial charge in [-0.05, 0) is 33.7 Å². The first-order valence-corrected chi connectivity index (χ1v) is 6.70. The van der Waals surface area contributed by atoms with Gasteiger partial charge < -0.3 is 9.84 Å². The molecule has 0 aromatic heterocycles. The minimum Gasteiger partial charge on any atom is -0.395 e. The first-order valence-electron chi connectivity index (χ1n) is 6.70. The lowest BCUT2D eigenvalue weighted by atomic mass is 9.95. The molecule has 0 amide bonds. The summed E-state index contributed by atoms with van der Waals surface area (Å²) in [6.07, 6.45) is 2.80. The van der Waals surface area contributed by atoms with Crippen molar-refractivity contribution in [3.05, 3.63) is 0 Å². The summed E-state index contributed by atoms with van der Waals surface area (Å²) in [5.41, 5.74) is 0.129. The zero-order chi connectivity index (χ0) is 12.5. The number of aliphatic hydroxyl groups excluding tert-OH is 1. The van der Waals surface area contributed by atoms with Gasteiger partial charge in [0, 0.05) is 37.8 Å². The highest BCUT2D eigenvalue weighted by Gasteiger charge is 2.37. The van der Waals surface area contributed by atoms with Gasteiger partial charge in [-0.15, -0.1) is 0 Å². The van der Waals surface area contributed by atoms with Crippen LogP contribution in [0.2, 0.25) is 0 Å². The fourth-order valence-electron chi connectivity index (χ4n) is 3.03. The van der Waals surface area contributed by atoms with Crippen LogP contribution in [0.5, 0.6) is 0 Å². The molecule has 2 aliphatic heterocycles. The van der Waals surface area contributed by atoms with Gasteiger partial charge in [0.15, 0.2) is 0 Å². The van der Waals surface area contributed by atoms with E-state index >= 15 is 0 Å². The molecule has 100 valence electrons. The molecule has 0 aromatic carbocycles. The molecule has 0 spiro atoms. The molecule has 0 saturated carbocycles. The smallest absolute Gasteiger partial charge is 0.0702 e. The Bertz CT molecular complexity index is 250. The fourth-order valence-corrected chi connectivity index (χ4v) is 3.03. The van der Waals surface area contributed by atoms with E-state index in [1.165, 1.54) is 12.8 Å². The molecule has 4 nitrogen and oxygen atoms in total. The van der Waals surface area contributed by atoms with Crippen LogP contribution >= 0.6 is 0 Å². The van der Waals surface area contributed by atoms with E-state index in [0.29, 0.717) is 6.10 Å². The second-order valence-corrected chi connectivity index (χ2v) is 6.09. The maximum absolute atomic E-state index is 9.47. The van der Waals surface area contributed by atoms with E-state index in [1.54, 1.807) is 0 Å². The fraction of sp³-hybridized carbons (Fsp3) is 1.00. The van der Waals surface area contributed by atoms with Crippen molar-refractivity contribution in [2.75, 3.05) is 39.9 Å². The summed E-state index contributed by atoms with van der Waals surface area (Å²) in [5.74, 6) is 0. The van der Waals surface area contributed by atoms with Gasteiger partial charge in [0.25, 0.3) is 0 Å². The Labute approximate surface area is 105 Å². The number of nitrogens with zero attached hydrogens (tertiary/aromatic N) is 2. The van der Waals surface area contributed by atoms with E-state index < -0.39 is 0 Å². The van der Waals surface area contributed by atoms with E-state index in [0.717, 1.165) is 26.2 Å². The van der Waals surface area contributed by atoms with Gasteiger partial charge in [-0.2, -0.15) is 0 Å². The maximum Gasteiger partial charge on any atom is 0.0702 e. The van der Waals surface area contributed by atoms with Crippen molar-refractivity contribution in [2.45, 2.75) is 44.4 Å². The van der Waals surface area contributed by atoms with E-state index in [2.05, 4.69) is 30.7 Å². The maximum atomic E-state index is 9.47. The number of piperazine rings is 1. The van der Waals surface area contributed by atoms with Crippen molar-refractivity contribution in [1.29, 1.82) is 0 Å². The zero-order valence-electron chi connectivity index (χ0n) is 11.4. The molecule has 0 aliphatic carbocycles. The molecule has 2 atom stereocenters. The Morgan fingerprint density at radius 2 is 2.18 bits per heavy atom. The highest BCUT2D eigenvalue weighted by Crippen LogP contribution is 2.24. The predicted molar refractivity (Wildman–Crippen MR) is 68.1 cm³/mol. The molecular weight excluding hydrogens is 216 g/mol. The number of hydrogen-bond donors (Lipinski definition) is 1. The Kier molecular flexibility index (Phi) is 4.08. The van der Waals surface area contributed by atoms with Gasteiger partial charge in [0.2, 0.25) is 0 Å². The number of likely N-dealkylation sites (N-methyl/N-ethyl adjacent to an activating group) is 1. The Hall–Kier alpha value is -0.160. The van der Waals surface area contributed by atoms with Crippen LogP contribution in [0.1, 0.15) is 26.7 Å². The molecule has 17 heavy (non-hydrogen) atoms. The number of hydrogen-bond acceptors (Lipinski definition) is 4. The van der Waals surface area contributed by atoms with Gasteiger partial charge in [-0.1, -0.05) is 0 Å².